The van der Waals surface area contributed by atoms with E-state index in [4.69, 9.17) is 0 Å². The van der Waals surface area contributed by atoms with Gasteiger partial charge >= 0.3 is 0 Å². The van der Waals surface area contributed by atoms with E-state index in [1.54, 1.807) is 0 Å². The molecule has 3 nitrogen and oxygen atoms in total. The van der Waals surface area contributed by atoms with Crippen molar-refractivity contribution in [1.29, 1.82) is 0 Å². The summed E-state index contributed by atoms with van der Waals surface area (Å²) in [6.45, 7) is 5.97. The highest BCUT2D eigenvalue weighted by atomic mass is 16.5. The number of hydroxylamine groups is 1. The van der Waals surface area contributed by atoms with Gasteiger partial charge in [0.1, 0.15) is 0 Å². The van der Waals surface area contributed by atoms with Crippen LogP contribution in [0, 0.1) is 10.6 Å². The first-order valence-electron chi connectivity index (χ1n) is 9.97. The molecule has 0 radical (unpaired) electrons. The van der Waals surface area contributed by atoms with E-state index in [1.165, 1.54) is 89.0 Å². The van der Waals surface area contributed by atoms with Crippen molar-refractivity contribution < 1.29 is 4.79 Å². The fraction of sp³-hybridized carbons (Fsp3) is 0.950. The second kappa shape index (κ2) is 15.0. The molecule has 1 N–H and O–H groups in total. The molecule has 0 spiro atoms. The molecule has 0 bridgehead atoms. The summed E-state index contributed by atoms with van der Waals surface area (Å²) in [6, 6.07) is 0. The van der Waals surface area contributed by atoms with E-state index < -0.39 is 5.41 Å². The van der Waals surface area contributed by atoms with Crippen molar-refractivity contribution in [2.45, 2.75) is 117 Å². The summed E-state index contributed by atoms with van der Waals surface area (Å²) >= 11 is 0. The highest BCUT2D eigenvalue weighted by molar-refractivity contribution is 5.81. The van der Waals surface area contributed by atoms with Crippen LogP contribution >= 0.6 is 0 Å². The SMILES string of the molecule is CCCCCCCCCCCCCCCCC(C)(C)C(=O)N[O-]. The molecule has 0 aliphatic carbocycles. The molecule has 0 saturated heterocycles. The van der Waals surface area contributed by atoms with Crippen molar-refractivity contribution in [3.63, 3.8) is 0 Å². The van der Waals surface area contributed by atoms with Gasteiger partial charge < -0.3 is 10.7 Å². The van der Waals surface area contributed by atoms with Crippen molar-refractivity contribution >= 4 is 5.91 Å². The predicted octanol–water partition coefficient (Wildman–Crippen LogP) is 6.50. The number of hydrogen-bond acceptors (Lipinski definition) is 2. The van der Waals surface area contributed by atoms with Crippen molar-refractivity contribution in [3.8, 4) is 0 Å². The summed E-state index contributed by atoms with van der Waals surface area (Å²) in [7, 11) is 0. The van der Waals surface area contributed by atoms with E-state index in [1.807, 2.05) is 13.8 Å². The number of unbranched alkanes of at least 4 members (excludes halogenated alkanes) is 13. The van der Waals surface area contributed by atoms with E-state index in [0.717, 1.165) is 12.8 Å². The fourth-order valence-electron chi connectivity index (χ4n) is 3.01. The summed E-state index contributed by atoms with van der Waals surface area (Å²) in [5, 5.41) is 10.4. The zero-order valence-electron chi connectivity index (χ0n) is 15.9. The Bertz CT molecular complexity index is 277. The number of rotatable bonds is 16. The Morgan fingerprint density at radius 3 is 1.43 bits per heavy atom. The molecule has 1 amide bonds. The molecule has 0 atom stereocenters. The van der Waals surface area contributed by atoms with Crippen molar-refractivity contribution in [1.82, 2.24) is 5.48 Å². The molecule has 23 heavy (non-hydrogen) atoms. The van der Waals surface area contributed by atoms with Gasteiger partial charge in [0, 0.05) is 5.41 Å². The first-order chi connectivity index (χ1) is 11.0. The molecule has 138 valence electrons. The molecule has 0 aliphatic rings. The van der Waals surface area contributed by atoms with Crippen LogP contribution in [-0.4, -0.2) is 5.91 Å². The Morgan fingerprint density at radius 2 is 1.09 bits per heavy atom. The molecule has 0 fully saturated rings. The molecule has 0 aromatic rings. The number of hydrogen-bond donors (Lipinski definition) is 1. The van der Waals surface area contributed by atoms with Crippen LogP contribution in [0.2, 0.25) is 0 Å². The molecule has 0 aromatic carbocycles. The fourth-order valence-corrected chi connectivity index (χ4v) is 3.01. The second-order valence-corrected chi connectivity index (χ2v) is 7.66. The maximum Gasteiger partial charge on any atom is 0.215 e. The largest absolute Gasteiger partial charge is 0.759 e. The van der Waals surface area contributed by atoms with Gasteiger partial charge in [0.15, 0.2) is 0 Å². The summed E-state index contributed by atoms with van der Waals surface area (Å²) in [6.07, 6.45) is 19.5. The maximum atomic E-state index is 11.4. The van der Waals surface area contributed by atoms with Crippen LogP contribution in [0.5, 0.6) is 0 Å². The number of amides is 1. The number of nitrogens with one attached hydrogen (secondary N) is 1. The van der Waals surface area contributed by atoms with Gasteiger partial charge in [0.05, 0.1) is 0 Å². The van der Waals surface area contributed by atoms with Gasteiger partial charge in [-0.05, 0) is 6.42 Å². The highest BCUT2D eigenvalue weighted by Crippen LogP contribution is 2.24. The molecule has 0 saturated carbocycles. The third kappa shape index (κ3) is 13.6. The van der Waals surface area contributed by atoms with Crippen LogP contribution in [-0.2, 0) is 4.79 Å². The molecule has 3 heteroatoms. The van der Waals surface area contributed by atoms with E-state index in [0.29, 0.717) is 0 Å². The van der Waals surface area contributed by atoms with E-state index in [9.17, 15) is 10.0 Å². The third-order valence-electron chi connectivity index (χ3n) is 4.86. The normalized spacial score (nSPS) is 11.7. The lowest BCUT2D eigenvalue weighted by atomic mass is 9.86. The summed E-state index contributed by atoms with van der Waals surface area (Å²) in [4.78, 5) is 11.4. The summed E-state index contributed by atoms with van der Waals surface area (Å²) in [5.74, 6) is -0.382. The van der Waals surface area contributed by atoms with Gasteiger partial charge in [0.2, 0.25) is 5.91 Å². The van der Waals surface area contributed by atoms with E-state index in [2.05, 4.69) is 6.92 Å². The summed E-state index contributed by atoms with van der Waals surface area (Å²) < 4.78 is 0. The Morgan fingerprint density at radius 1 is 0.739 bits per heavy atom. The van der Waals surface area contributed by atoms with Gasteiger partial charge in [-0.15, -0.1) is 0 Å². The zero-order chi connectivity index (χ0) is 17.4. The molecule has 0 heterocycles. The molecular formula is C20H40NO2-. The van der Waals surface area contributed by atoms with Crippen LogP contribution in [0.1, 0.15) is 117 Å². The van der Waals surface area contributed by atoms with Crippen LogP contribution in [0.25, 0.3) is 0 Å². The standard InChI is InChI=1S/C20H40NO2/c1-4-5-6-7-8-9-10-11-12-13-14-15-16-17-18-20(2,3)19(22)21-23/h4-18H2,1-3H3,(H-,21,22,23)/q-1. The van der Waals surface area contributed by atoms with Gasteiger partial charge in [-0.3, -0.25) is 4.79 Å². The minimum atomic E-state index is -0.515. The van der Waals surface area contributed by atoms with Crippen molar-refractivity contribution in [2.24, 2.45) is 5.41 Å². The average Bonchev–Trinajstić information content (AvgIpc) is 2.54. The van der Waals surface area contributed by atoms with Gasteiger partial charge in [-0.25, -0.2) is 0 Å². The van der Waals surface area contributed by atoms with Crippen molar-refractivity contribution in [3.05, 3.63) is 5.21 Å². The molecule has 0 aromatic heterocycles. The van der Waals surface area contributed by atoms with Gasteiger partial charge in [-0.2, -0.15) is 0 Å². The predicted molar refractivity (Wildman–Crippen MR) is 100 cm³/mol. The van der Waals surface area contributed by atoms with Gasteiger partial charge in [0.25, 0.3) is 0 Å². The minimum absolute atomic E-state index is 0.382. The van der Waals surface area contributed by atoms with Crippen LogP contribution in [0.4, 0.5) is 0 Å². The smallest absolute Gasteiger partial charge is 0.215 e. The number of carbonyl (C=O) groups is 1. The zero-order valence-corrected chi connectivity index (χ0v) is 15.9. The van der Waals surface area contributed by atoms with Crippen molar-refractivity contribution in [2.75, 3.05) is 0 Å². The average molecular weight is 327 g/mol. The van der Waals surface area contributed by atoms with E-state index in [-0.39, 0.29) is 5.91 Å². The number of carbonyl (C=O) groups excluding carboxylic acids is 1. The molecule has 0 unspecified atom stereocenters. The Kier molecular flexibility index (Phi) is 14.6. The highest BCUT2D eigenvalue weighted by Gasteiger charge is 2.24. The lowest BCUT2D eigenvalue weighted by molar-refractivity contribution is -0.128. The van der Waals surface area contributed by atoms with Crippen LogP contribution < -0.4 is 5.48 Å². The monoisotopic (exact) mass is 326 g/mol. The Labute approximate surface area is 144 Å². The van der Waals surface area contributed by atoms with Gasteiger partial charge in [-0.1, -0.05) is 111 Å². The van der Waals surface area contributed by atoms with Crippen LogP contribution in [0.3, 0.4) is 0 Å². The Hall–Kier alpha value is -0.570. The molecule has 0 aliphatic heterocycles. The maximum absolute atomic E-state index is 11.4. The minimum Gasteiger partial charge on any atom is -0.759 e. The Balaban J connectivity index is 3.24. The lowest BCUT2D eigenvalue weighted by Crippen LogP contribution is -2.33. The quantitative estimate of drug-likeness (QED) is 0.260. The molecule has 0 rings (SSSR count). The first kappa shape index (κ1) is 22.4. The van der Waals surface area contributed by atoms with Crippen LogP contribution in [0.15, 0.2) is 0 Å². The summed E-state index contributed by atoms with van der Waals surface area (Å²) in [5.41, 5.74) is 1.00. The lowest BCUT2D eigenvalue weighted by Gasteiger charge is -2.25. The third-order valence-corrected chi connectivity index (χ3v) is 4.86. The molecular weight excluding hydrogens is 286 g/mol. The first-order valence-corrected chi connectivity index (χ1v) is 9.97. The second-order valence-electron chi connectivity index (χ2n) is 7.66. The topological polar surface area (TPSA) is 52.2 Å². The van der Waals surface area contributed by atoms with E-state index >= 15 is 0 Å².